The van der Waals surface area contributed by atoms with Crippen molar-refractivity contribution >= 4 is 16.8 Å². The summed E-state index contributed by atoms with van der Waals surface area (Å²) >= 11 is 0. The zero-order chi connectivity index (χ0) is 9.97. The first-order valence-corrected chi connectivity index (χ1v) is 4.09. The second-order valence-corrected chi connectivity index (χ2v) is 2.97. The Balaban J connectivity index is 2.34. The van der Waals surface area contributed by atoms with Gasteiger partial charge in [0, 0.05) is 11.8 Å². The normalized spacial score (nSPS) is 12.1. The standard InChI is InChI=1S/C9H9N3O2/c10-9(12-13)4-6-1-2-8-7(3-6)5-11-14-8/h1-3,5,13H,4H2,(H2,10,12). The number of amidine groups is 1. The van der Waals surface area contributed by atoms with Gasteiger partial charge in [-0.25, -0.2) is 0 Å². The fourth-order valence-electron chi connectivity index (χ4n) is 1.28. The third-order valence-corrected chi connectivity index (χ3v) is 1.93. The van der Waals surface area contributed by atoms with Gasteiger partial charge in [-0.1, -0.05) is 16.4 Å². The molecule has 3 N–H and O–H groups in total. The summed E-state index contributed by atoms with van der Waals surface area (Å²) in [5.74, 6) is 0.181. The van der Waals surface area contributed by atoms with E-state index < -0.39 is 0 Å². The van der Waals surface area contributed by atoms with Gasteiger partial charge in [0.25, 0.3) is 0 Å². The lowest BCUT2D eigenvalue weighted by Crippen LogP contribution is -2.14. The largest absolute Gasteiger partial charge is 0.409 e. The van der Waals surface area contributed by atoms with E-state index in [1.807, 2.05) is 18.2 Å². The molecule has 0 bridgehead atoms. The van der Waals surface area contributed by atoms with Crippen LogP contribution in [0.15, 0.2) is 34.1 Å². The van der Waals surface area contributed by atoms with Crippen LogP contribution in [-0.4, -0.2) is 16.2 Å². The Labute approximate surface area is 79.8 Å². The van der Waals surface area contributed by atoms with Gasteiger partial charge in [-0.15, -0.1) is 0 Å². The third kappa shape index (κ3) is 1.52. The molecular weight excluding hydrogens is 182 g/mol. The average Bonchev–Trinajstić information content (AvgIpc) is 2.64. The summed E-state index contributed by atoms with van der Waals surface area (Å²) in [6.45, 7) is 0. The summed E-state index contributed by atoms with van der Waals surface area (Å²) in [4.78, 5) is 0. The molecule has 0 aliphatic carbocycles. The molecule has 1 aromatic carbocycles. The number of aromatic nitrogens is 1. The minimum atomic E-state index is 0.181. The molecule has 0 amide bonds. The molecule has 2 rings (SSSR count). The van der Waals surface area contributed by atoms with Gasteiger partial charge in [0.15, 0.2) is 5.58 Å². The van der Waals surface area contributed by atoms with E-state index >= 15 is 0 Å². The molecule has 0 spiro atoms. The maximum atomic E-state index is 8.40. The molecule has 0 atom stereocenters. The molecule has 0 aliphatic rings. The van der Waals surface area contributed by atoms with Crippen LogP contribution < -0.4 is 5.73 Å². The molecule has 0 radical (unpaired) electrons. The highest BCUT2D eigenvalue weighted by molar-refractivity contribution is 5.84. The van der Waals surface area contributed by atoms with Gasteiger partial charge in [0.2, 0.25) is 0 Å². The fraction of sp³-hybridized carbons (Fsp3) is 0.111. The highest BCUT2D eigenvalue weighted by atomic mass is 16.5. The fourth-order valence-corrected chi connectivity index (χ4v) is 1.28. The van der Waals surface area contributed by atoms with Crippen molar-refractivity contribution in [2.75, 3.05) is 0 Å². The Morgan fingerprint density at radius 3 is 3.21 bits per heavy atom. The van der Waals surface area contributed by atoms with E-state index in [2.05, 4.69) is 10.3 Å². The number of benzene rings is 1. The van der Waals surface area contributed by atoms with Crippen molar-refractivity contribution in [3.05, 3.63) is 30.0 Å². The number of oxime groups is 1. The number of nitrogens with two attached hydrogens (primary N) is 1. The zero-order valence-corrected chi connectivity index (χ0v) is 7.34. The minimum absolute atomic E-state index is 0.181. The highest BCUT2D eigenvalue weighted by Gasteiger charge is 2.01. The van der Waals surface area contributed by atoms with Crippen molar-refractivity contribution in [3.8, 4) is 0 Å². The second-order valence-electron chi connectivity index (χ2n) is 2.97. The van der Waals surface area contributed by atoms with Crippen LogP contribution in [0.25, 0.3) is 11.0 Å². The Bertz CT molecular complexity index is 476. The molecule has 0 aliphatic heterocycles. The molecule has 5 heteroatoms. The lowest BCUT2D eigenvalue weighted by atomic mass is 10.1. The molecule has 72 valence electrons. The number of hydrogen-bond donors (Lipinski definition) is 2. The Kier molecular flexibility index (Phi) is 2.06. The SMILES string of the molecule is N/C(Cc1ccc2oncc2c1)=N\O. The number of rotatable bonds is 2. The highest BCUT2D eigenvalue weighted by Crippen LogP contribution is 2.15. The summed E-state index contributed by atoms with van der Waals surface area (Å²) in [7, 11) is 0. The van der Waals surface area contributed by atoms with Crippen molar-refractivity contribution in [1.82, 2.24) is 5.16 Å². The Hall–Kier alpha value is -2.04. The third-order valence-electron chi connectivity index (χ3n) is 1.93. The molecule has 2 aromatic rings. The van der Waals surface area contributed by atoms with Gasteiger partial charge in [0.1, 0.15) is 5.84 Å². The van der Waals surface area contributed by atoms with Gasteiger partial charge in [0.05, 0.1) is 6.20 Å². The molecule has 14 heavy (non-hydrogen) atoms. The van der Waals surface area contributed by atoms with Crippen LogP contribution in [0.4, 0.5) is 0 Å². The van der Waals surface area contributed by atoms with E-state index in [0.29, 0.717) is 6.42 Å². The summed E-state index contributed by atoms with van der Waals surface area (Å²) in [5, 5.41) is 15.9. The van der Waals surface area contributed by atoms with E-state index in [1.54, 1.807) is 6.20 Å². The van der Waals surface area contributed by atoms with E-state index in [9.17, 15) is 0 Å². The van der Waals surface area contributed by atoms with Gasteiger partial charge < -0.3 is 15.5 Å². The van der Waals surface area contributed by atoms with Crippen molar-refractivity contribution < 1.29 is 9.73 Å². The van der Waals surface area contributed by atoms with Crippen molar-refractivity contribution in [2.24, 2.45) is 10.9 Å². The molecule has 1 aromatic heterocycles. The maximum Gasteiger partial charge on any atom is 0.166 e. The lowest BCUT2D eigenvalue weighted by molar-refractivity contribution is 0.317. The van der Waals surface area contributed by atoms with Crippen LogP contribution in [0.2, 0.25) is 0 Å². The first kappa shape index (κ1) is 8.55. The van der Waals surface area contributed by atoms with Crippen LogP contribution >= 0.6 is 0 Å². The predicted molar refractivity (Wildman–Crippen MR) is 51.1 cm³/mol. The average molecular weight is 191 g/mol. The number of fused-ring (bicyclic) bond motifs is 1. The smallest absolute Gasteiger partial charge is 0.166 e. The second kappa shape index (κ2) is 3.37. The predicted octanol–water partition coefficient (Wildman–Crippen LogP) is 1.12. The quantitative estimate of drug-likeness (QED) is 0.322. The molecule has 0 saturated heterocycles. The monoisotopic (exact) mass is 191 g/mol. The van der Waals surface area contributed by atoms with Gasteiger partial charge >= 0.3 is 0 Å². The summed E-state index contributed by atoms with van der Waals surface area (Å²) in [6, 6.07) is 5.55. The first-order valence-electron chi connectivity index (χ1n) is 4.09. The first-order chi connectivity index (χ1) is 6.79. The molecular formula is C9H9N3O2. The van der Waals surface area contributed by atoms with Crippen LogP contribution in [0.3, 0.4) is 0 Å². The van der Waals surface area contributed by atoms with E-state index in [0.717, 1.165) is 16.5 Å². The van der Waals surface area contributed by atoms with E-state index in [-0.39, 0.29) is 5.84 Å². The summed E-state index contributed by atoms with van der Waals surface area (Å²) < 4.78 is 4.94. The van der Waals surface area contributed by atoms with E-state index in [1.165, 1.54) is 0 Å². The molecule has 0 fully saturated rings. The lowest BCUT2D eigenvalue weighted by Gasteiger charge is -1.98. The maximum absolute atomic E-state index is 8.40. The van der Waals surface area contributed by atoms with Crippen molar-refractivity contribution in [1.29, 1.82) is 0 Å². The summed E-state index contributed by atoms with van der Waals surface area (Å²) in [5.41, 5.74) is 7.07. The van der Waals surface area contributed by atoms with Crippen LogP contribution in [0, 0.1) is 0 Å². The summed E-state index contributed by atoms with van der Waals surface area (Å²) in [6.07, 6.45) is 2.04. The van der Waals surface area contributed by atoms with Crippen LogP contribution in [0.1, 0.15) is 5.56 Å². The topological polar surface area (TPSA) is 84.6 Å². The van der Waals surface area contributed by atoms with Crippen LogP contribution in [0.5, 0.6) is 0 Å². The number of nitrogens with zero attached hydrogens (tertiary/aromatic N) is 2. The molecule has 0 saturated carbocycles. The molecule has 1 heterocycles. The zero-order valence-electron chi connectivity index (χ0n) is 7.34. The minimum Gasteiger partial charge on any atom is -0.409 e. The van der Waals surface area contributed by atoms with Gasteiger partial charge in [-0.05, 0) is 17.7 Å². The van der Waals surface area contributed by atoms with Gasteiger partial charge in [-0.2, -0.15) is 0 Å². The van der Waals surface area contributed by atoms with Crippen molar-refractivity contribution in [3.63, 3.8) is 0 Å². The van der Waals surface area contributed by atoms with Gasteiger partial charge in [-0.3, -0.25) is 0 Å². The number of hydrogen-bond acceptors (Lipinski definition) is 4. The Morgan fingerprint density at radius 1 is 1.57 bits per heavy atom. The van der Waals surface area contributed by atoms with Crippen LogP contribution in [-0.2, 0) is 6.42 Å². The molecule has 0 unspecified atom stereocenters. The molecule has 5 nitrogen and oxygen atoms in total. The van der Waals surface area contributed by atoms with E-state index in [4.69, 9.17) is 15.5 Å². The van der Waals surface area contributed by atoms with Crippen molar-refractivity contribution in [2.45, 2.75) is 6.42 Å². The Morgan fingerprint density at radius 2 is 2.43 bits per heavy atom.